The average Bonchev–Trinajstić information content (AvgIpc) is 2.37. The summed E-state index contributed by atoms with van der Waals surface area (Å²) in [6, 6.07) is 0. The molecule has 1 aromatic heterocycles. The van der Waals surface area contributed by atoms with Crippen molar-refractivity contribution < 1.29 is 0 Å². The molecular formula is C6H10N4. The van der Waals surface area contributed by atoms with E-state index in [4.69, 9.17) is 0 Å². The molecule has 0 N–H and O–H groups in total. The van der Waals surface area contributed by atoms with Gasteiger partial charge in [0, 0.05) is 13.6 Å². The zero-order chi connectivity index (χ0) is 7.40. The van der Waals surface area contributed by atoms with Crippen LogP contribution in [0.15, 0.2) is 22.6 Å². The van der Waals surface area contributed by atoms with E-state index in [1.54, 1.807) is 13.2 Å². The van der Waals surface area contributed by atoms with Crippen LogP contribution in [-0.2, 0) is 6.54 Å². The summed E-state index contributed by atoms with van der Waals surface area (Å²) >= 11 is 0. The molecule has 4 heteroatoms. The summed E-state index contributed by atoms with van der Waals surface area (Å²) in [6.45, 7) is 2.90. The largest absolute Gasteiger partial charge is 0.271 e. The van der Waals surface area contributed by atoms with E-state index < -0.39 is 0 Å². The van der Waals surface area contributed by atoms with Crippen LogP contribution in [0.1, 0.15) is 6.92 Å². The number of rotatable bonds is 2. The fourth-order valence-corrected chi connectivity index (χ4v) is 0.693. The molecule has 0 atom stereocenters. The third kappa shape index (κ3) is 1.40. The van der Waals surface area contributed by atoms with E-state index >= 15 is 0 Å². The van der Waals surface area contributed by atoms with Gasteiger partial charge in [0.05, 0.1) is 12.4 Å². The van der Waals surface area contributed by atoms with Gasteiger partial charge in [-0.1, -0.05) is 0 Å². The average molecular weight is 138 g/mol. The number of aryl methyl sites for hydroxylation is 1. The lowest BCUT2D eigenvalue weighted by atomic mass is 10.6. The minimum absolute atomic E-state index is 0.810. The zero-order valence-electron chi connectivity index (χ0n) is 6.15. The van der Waals surface area contributed by atoms with Gasteiger partial charge in [0.2, 0.25) is 0 Å². The van der Waals surface area contributed by atoms with E-state index in [2.05, 4.69) is 15.3 Å². The molecule has 0 saturated carbocycles. The first-order valence-corrected chi connectivity index (χ1v) is 3.19. The molecule has 4 nitrogen and oxygen atoms in total. The SMILES string of the molecule is CCn1cc(N=NC)cn1. The lowest BCUT2D eigenvalue weighted by molar-refractivity contribution is 0.660. The molecular weight excluding hydrogens is 128 g/mol. The molecule has 0 unspecified atom stereocenters. The molecule has 0 amide bonds. The number of azo groups is 1. The van der Waals surface area contributed by atoms with Crippen molar-refractivity contribution in [2.75, 3.05) is 7.05 Å². The normalized spacial score (nSPS) is 11.0. The molecule has 0 saturated heterocycles. The summed E-state index contributed by atoms with van der Waals surface area (Å²) in [6.07, 6.45) is 3.55. The molecule has 0 aliphatic heterocycles. The molecule has 0 aliphatic rings. The monoisotopic (exact) mass is 138 g/mol. The lowest BCUT2D eigenvalue weighted by Gasteiger charge is -1.88. The molecule has 0 spiro atoms. The fourth-order valence-electron chi connectivity index (χ4n) is 0.693. The molecule has 0 aromatic carbocycles. The predicted octanol–water partition coefficient (Wildman–Crippen LogP) is 1.62. The third-order valence-corrected chi connectivity index (χ3v) is 1.16. The molecule has 1 heterocycles. The van der Waals surface area contributed by atoms with E-state index in [0.717, 1.165) is 12.2 Å². The summed E-state index contributed by atoms with van der Waals surface area (Å²) in [5.41, 5.74) is 0.810. The van der Waals surface area contributed by atoms with Gasteiger partial charge in [-0.15, -0.1) is 0 Å². The van der Waals surface area contributed by atoms with Crippen LogP contribution in [0.4, 0.5) is 5.69 Å². The second-order valence-electron chi connectivity index (χ2n) is 1.85. The molecule has 1 aromatic rings. The molecule has 54 valence electrons. The lowest BCUT2D eigenvalue weighted by Crippen LogP contribution is -1.91. The van der Waals surface area contributed by atoms with Crippen LogP contribution in [0.3, 0.4) is 0 Å². The van der Waals surface area contributed by atoms with E-state index in [9.17, 15) is 0 Å². The Bertz CT molecular complexity index is 225. The highest BCUT2D eigenvalue weighted by Gasteiger charge is 1.91. The fraction of sp³-hybridized carbons (Fsp3) is 0.500. The summed E-state index contributed by atoms with van der Waals surface area (Å²) in [7, 11) is 1.64. The molecule has 0 aliphatic carbocycles. The van der Waals surface area contributed by atoms with Crippen molar-refractivity contribution >= 4 is 5.69 Å². The smallest absolute Gasteiger partial charge is 0.123 e. The highest BCUT2D eigenvalue weighted by molar-refractivity contribution is 5.28. The zero-order valence-corrected chi connectivity index (χ0v) is 6.15. The number of hydrogen-bond acceptors (Lipinski definition) is 3. The van der Waals surface area contributed by atoms with Crippen LogP contribution in [0.5, 0.6) is 0 Å². The highest BCUT2D eigenvalue weighted by atomic mass is 15.3. The first-order chi connectivity index (χ1) is 4.86. The van der Waals surface area contributed by atoms with E-state index in [0.29, 0.717) is 0 Å². The number of aromatic nitrogens is 2. The molecule has 0 radical (unpaired) electrons. The first-order valence-electron chi connectivity index (χ1n) is 3.19. The van der Waals surface area contributed by atoms with Gasteiger partial charge in [-0.3, -0.25) is 4.68 Å². The second-order valence-corrected chi connectivity index (χ2v) is 1.85. The predicted molar refractivity (Wildman–Crippen MR) is 38.3 cm³/mol. The maximum absolute atomic E-state index is 4.02. The van der Waals surface area contributed by atoms with Gasteiger partial charge in [0.1, 0.15) is 5.69 Å². The summed E-state index contributed by atoms with van der Waals surface area (Å²) in [4.78, 5) is 0. The highest BCUT2D eigenvalue weighted by Crippen LogP contribution is 2.08. The topological polar surface area (TPSA) is 42.5 Å². The van der Waals surface area contributed by atoms with Crippen LogP contribution < -0.4 is 0 Å². The Hall–Kier alpha value is -1.19. The van der Waals surface area contributed by atoms with Gasteiger partial charge >= 0.3 is 0 Å². The minimum atomic E-state index is 0.810. The maximum Gasteiger partial charge on any atom is 0.123 e. The Morgan fingerprint density at radius 3 is 3.00 bits per heavy atom. The van der Waals surface area contributed by atoms with E-state index in [1.165, 1.54) is 0 Å². The van der Waals surface area contributed by atoms with Crippen LogP contribution in [0.25, 0.3) is 0 Å². The van der Waals surface area contributed by atoms with Crippen LogP contribution >= 0.6 is 0 Å². The first kappa shape index (κ1) is 6.92. The Morgan fingerprint density at radius 2 is 2.50 bits per heavy atom. The van der Waals surface area contributed by atoms with Gasteiger partial charge in [-0.25, -0.2) is 0 Å². The summed E-state index contributed by atoms with van der Waals surface area (Å²) < 4.78 is 1.81. The van der Waals surface area contributed by atoms with Gasteiger partial charge in [-0.2, -0.15) is 15.3 Å². The van der Waals surface area contributed by atoms with Gasteiger partial charge in [0.25, 0.3) is 0 Å². The number of nitrogens with zero attached hydrogens (tertiary/aromatic N) is 4. The maximum atomic E-state index is 4.02. The van der Waals surface area contributed by atoms with E-state index in [-0.39, 0.29) is 0 Å². The van der Waals surface area contributed by atoms with Crippen molar-refractivity contribution in [3.05, 3.63) is 12.4 Å². The molecule has 1 rings (SSSR count). The van der Waals surface area contributed by atoms with Crippen molar-refractivity contribution in [3.8, 4) is 0 Å². The quantitative estimate of drug-likeness (QED) is 0.572. The van der Waals surface area contributed by atoms with Crippen LogP contribution in [0.2, 0.25) is 0 Å². The van der Waals surface area contributed by atoms with Crippen LogP contribution in [-0.4, -0.2) is 16.8 Å². The van der Waals surface area contributed by atoms with Crippen molar-refractivity contribution in [2.24, 2.45) is 10.2 Å². The Labute approximate surface area is 59.6 Å². The van der Waals surface area contributed by atoms with Gasteiger partial charge in [0.15, 0.2) is 0 Å². The Balaban J connectivity index is 2.78. The summed E-state index contributed by atoms with van der Waals surface area (Å²) in [5.74, 6) is 0. The van der Waals surface area contributed by atoms with Crippen molar-refractivity contribution in [3.63, 3.8) is 0 Å². The van der Waals surface area contributed by atoms with E-state index in [1.807, 2.05) is 17.8 Å². The van der Waals surface area contributed by atoms with Crippen molar-refractivity contribution in [2.45, 2.75) is 13.5 Å². The summed E-state index contributed by atoms with van der Waals surface area (Å²) in [5, 5.41) is 11.5. The molecule has 10 heavy (non-hydrogen) atoms. The third-order valence-electron chi connectivity index (χ3n) is 1.16. The van der Waals surface area contributed by atoms with Crippen molar-refractivity contribution in [1.29, 1.82) is 0 Å². The van der Waals surface area contributed by atoms with Gasteiger partial charge < -0.3 is 0 Å². The molecule has 0 bridgehead atoms. The van der Waals surface area contributed by atoms with Crippen molar-refractivity contribution in [1.82, 2.24) is 9.78 Å². The number of hydrogen-bond donors (Lipinski definition) is 0. The standard InChI is InChI=1S/C6H10N4/c1-3-10-5-6(4-8-10)9-7-2/h4-5H,3H2,1-2H3. The van der Waals surface area contributed by atoms with Gasteiger partial charge in [-0.05, 0) is 6.92 Å². The Kier molecular flexibility index (Phi) is 2.15. The molecule has 0 fully saturated rings. The second kappa shape index (κ2) is 3.10. The Morgan fingerprint density at radius 1 is 1.70 bits per heavy atom. The minimum Gasteiger partial charge on any atom is -0.271 e. The van der Waals surface area contributed by atoms with Crippen LogP contribution in [0, 0.1) is 0 Å².